The van der Waals surface area contributed by atoms with Crippen molar-refractivity contribution in [2.45, 2.75) is 39.2 Å². The number of carbonyl (C=O) groups excluding carboxylic acids is 3. The van der Waals surface area contributed by atoms with E-state index in [2.05, 4.69) is 16.3 Å². The molecule has 1 saturated heterocycles. The Bertz CT molecular complexity index is 1000. The highest BCUT2D eigenvalue weighted by atomic mass is 16.2. The van der Waals surface area contributed by atoms with Crippen LogP contribution in [0.1, 0.15) is 37.3 Å². The summed E-state index contributed by atoms with van der Waals surface area (Å²) in [5.74, 6) is 0.0248. The summed E-state index contributed by atoms with van der Waals surface area (Å²) in [7, 11) is 0. The Morgan fingerprint density at radius 2 is 1.61 bits per heavy atom. The van der Waals surface area contributed by atoms with Crippen LogP contribution in [0.5, 0.6) is 0 Å². The van der Waals surface area contributed by atoms with Gasteiger partial charge in [0.2, 0.25) is 17.7 Å². The van der Waals surface area contributed by atoms with Gasteiger partial charge in [0, 0.05) is 70.4 Å². The molecule has 3 amide bonds. The van der Waals surface area contributed by atoms with Gasteiger partial charge in [-0.25, -0.2) is 0 Å². The molecule has 0 saturated carbocycles. The highest BCUT2D eigenvalue weighted by Gasteiger charge is 2.25. The average molecular weight is 449 g/mol. The van der Waals surface area contributed by atoms with Crippen molar-refractivity contribution in [2.75, 3.05) is 42.9 Å². The molecule has 1 fully saturated rings. The minimum absolute atomic E-state index is 0.0347. The molecule has 0 spiro atoms. The molecule has 7 heteroatoms. The monoisotopic (exact) mass is 448 g/mol. The molecule has 4 rings (SSSR count). The van der Waals surface area contributed by atoms with Crippen molar-refractivity contribution >= 4 is 29.1 Å². The Kier molecular flexibility index (Phi) is 7.40. The minimum Gasteiger partial charge on any atom is -0.341 e. The number of benzene rings is 2. The minimum atomic E-state index is -0.0769. The zero-order valence-electron chi connectivity index (χ0n) is 19.3. The van der Waals surface area contributed by atoms with Crippen LogP contribution >= 0.6 is 0 Å². The van der Waals surface area contributed by atoms with E-state index in [0.29, 0.717) is 13.1 Å². The summed E-state index contributed by atoms with van der Waals surface area (Å²) < 4.78 is 0. The van der Waals surface area contributed by atoms with Crippen molar-refractivity contribution in [3.8, 4) is 0 Å². The molecule has 1 N–H and O–H groups in total. The Morgan fingerprint density at radius 1 is 0.848 bits per heavy atom. The average Bonchev–Trinajstić information content (AvgIpc) is 3.10. The molecule has 0 atom stereocenters. The van der Waals surface area contributed by atoms with Crippen molar-refractivity contribution in [2.24, 2.45) is 0 Å². The predicted octanol–water partition coefficient (Wildman–Crippen LogP) is 3.05. The molecule has 2 aliphatic rings. The molecular weight excluding hydrogens is 416 g/mol. The lowest BCUT2D eigenvalue weighted by Crippen LogP contribution is -2.36. The summed E-state index contributed by atoms with van der Waals surface area (Å²) in [4.78, 5) is 42.8. The third kappa shape index (κ3) is 5.99. The van der Waals surface area contributed by atoms with Crippen molar-refractivity contribution in [1.29, 1.82) is 0 Å². The second kappa shape index (κ2) is 10.6. The van der Waals surface area contributed by atoms with Crippen LogP contribution < -0.4 is 10.2 Å². The first kappa shape index (κ1) is 23.0. The number of amides is 3. The van der Waals surface area contributed by atoms with E-state index in [1.165, 1.54) is 18.1 Å². The highest BCUT2D eigenvalue weighted by molar-refractivity contribution is 5.97. The topological polar surface area (TPSA) is 73.0 Å². The standard InChI is InChI=1S/C26H32N4O3/c1-20(31)27-23-9-7-21(8-10-23)19-28-14-4-15-29(18-17-28)25(32)11-12-26(33)30-16-13-22-5-2-3-6-24(22)30/h2-3,5-10H,4,11-19H2,1H3,(H,27,31). The molecule has 2 aromatic rings. The van der Waals surface area contributed by atoms with Crippen molar-refractivity contribution in [3.63, 3.8) is 0 Å². The Balaban J connectivity index is 1.23. The number of anilines is 2. The number of para-hydroxylation sites is 1. The lowest BCUT2D eigenvalue weighted by Gasteiger charge is -2.23. The molecule has 0 aromatic heterocycles. The molecular formula is C26H32N4O3. The molecule has 0 radical (unpaired) electrons. The largest absolute Gasteiger partial charge is 0.341 e. The van der Waals surface area contributed by atoms with E-state index in [4.69, 9.17) is 0 Å². The maximum Gasteiger partial charge on any atom is 0.227 e. The lowest BCUT2D eigenvalue weighted by atomic mass is 10.2. The lowest BCUT2D eigenvalue weighted by molar-refractivity contribution is -0.133. The third-order valence-corrected chi connectivity index (χ3v) is 6.36. The van der Waals surface area contributed by atoms with Gasteiger partial charge < -0.3 is 15.1 Å². The van der Waals surface area contributed by atoms with Gasteiger partial charge in [-0.1, -0.05) is 30.3 Å². The Labute approximate surface area is 195 Å². The van der Waals surface area contributed by atoms with Gasteiger partial charge in [-0.05, 0) is 42.2 Å². The number of hydrogen-bond donors (Lipinski definition) is 1. The summed E-state index contributed by atoms with van der Waals surface area (Å²) in [6.07, 6.45) is 2.33. The zero-order valence-corrected chi connectivity index (χ0v) is 19.3. The van der Waals surface area contributed by atoms with Crippen LogP contribution in [0.4, 0.5) is 11.4 Å². The first-order chi connectivity index (χ1) is 16.0. The third-order valence-electron chi connectivity index (χ3n) is 6.36. The van der Waals surface area contributed by atoms with Crippen LogP contribution in [-0.4, -0.2) is 60.2 Å². The van der Waals surface area contributed by atoms with Crippen LogP contribution in [0.15, 0.2) is 48.5 Å². The van der Waals surface area contributed by atoms with E-state index in [1.54, 1.807) is 0 Å². The zero-order chi connectivity index (χ0) is 23.2. The highest BCUT2D eigenvalue weighted by Crippen LogP contribution is 2.28. The van der Waals surface area contributed by atoms with E-state index in [9.17, 15) is 14.4 Å². The molecule has 7 nitrogen and oxygen atoms in total. The van der Waals surface area contributed by atoms with Crippen LogP contribution in [0.2, 0.25) is 0 Å². The van der Waals surface area contributed by atoms with E-state index < -0.39 is 0 Å². The van der Waals surface area contributed by atoms with Gasteiger partial charge in [0.1, 0.15) is 0 Å². The maximum absolute atomic E-state index is 12.8. The number of hydrogen-bond acceptors (Lipinski definition) is 4. The van der Waals surface area contributed by atoms with Gasteiger partial charge in [-0.2, -0.15) is 0 Å². The maximum atomic E-state index is 12.8. The van der Waals surface area contributed by atoms with Gasteiger partial charge in [0.15, 0.2) is 0 Å². The molecule has 0 aliphatic carbocycles. The normalized spacial score (nSPS) is 16.3. The number of nitrogens with zero attached hydrogens (tertiary/aromatic N) is 3. The van der Waals surface area contributed by atoms with E-state index >= 15 is 0 Å². The number of nitrogens with one attached hydrogen (secondary N) is 1. The van der Waals surface area contributed by atoms with E-state index in [-0.39, 0.29) is 30.6 Å². The van der Waals surface area contributed by atoms with Crippen molar-refractivity contribution < 1.29 is 14.4 Å². The van der Waals surface area contributed by atoms with Gasteiger partial charge in [-0.3, -0.25) is 19.3 Å². The predicted molar refractivity (Wildman–Crippen MR) is 129 cm³/mol. The molecule has 2 aromatic carbocycles. The fourth-order valence-electron chi connectivity index (χ4n) is 4.64. The quantitative estimate of drug-likeness (QED) is 0.737. The number of fused-ring (bicyclic) bond motifs is 1. The van der Waals surface area contributed by atoms with Gasteiger partial charge in [0.05, 0.1) is 0 Å². The summed E-state index contributed by atoms with van der Waals surface area (Å²) in [5, 5.41) is 2.78. The molecule has 174 valence electrons. The van der Waals surface area contributed by atoms with Gasteiger partial charge in [-0.15, -0.1) is 0 Å². The second-order valence-corrected chi connectivity index (χ2v) is 8.81. The van der Waals surface area contributed by atoms with Crippen LogP contribution in [0.3, 0.4) is 0 Å². The van der Waals surface area contributed by atoms with Crippen LogP contribution in [0.25, 0.3) is 0 Å². The molecule has 0 unspecified atom stereocenters. The fraction of sp³-hybridized carbons (Fsp3) is 0.423. The fourth-order valence-corrected chi connectivity index (χ4v) is 4.64. The molecule has 2 aliphatic heterocycles. The van der Waals surface area contributed by atoms with E-state index in [0.717, 1.165) is 50.4 Å². The SMILES string of the molecule is CC(=O)Nc1ccc(CN2CCCN(C(=O)CCC(=O)N3CCc4ccccc43)CC2)cc1. The molecule has 0 bridgehead atoms. The summed E-state index contributed by atoms with van der Waals surface area (Å²) >= 11 is 0. The number of rotatable bonds is 6. The second-order valence-electron chi connectivity index (χ2n) is 8.81. The van der Waals surface area contributed by atoms with Crippen LogP contribution in [-0.2, 0) is 27.3 Å². The first-order valence-electron chi connectivity index (χ1n) is 11.7. The van der Waals surface area contributed by atoms with Crippen LogP contribution in [0, 0.1) is 0 Å². The molecule has 2 heterocycles. The summed E-state index contributed by atoms with van der Waals surface area (Å²) in [6, 6.07) is 15.9. The summed E-state index contributed by atoms with van der Waals surface area (Å²) in [5.41, 5.74) is 4.17. The van der Waals surface area contributed by atoms with Crippen molar-refractivity contribution in [3.05, 3.63) is 59.7 Å². The first-order valence-corrected chi connectivity index (χ1v) is 11.7. The Hall–Kier alpha value is -3.19. The van der Waals surface area contributed by atoms with Crippen molar-refractivity contribution in [1.82, 2.24) is 9.80 Å². The summed E-state index contributed by atoms with van der Waals surface area (Å²) in [6.45, 7) is 6.18. The van der Waals surface area contributed by atoms with Gasteiger partial charge >= 0.3 is 0 Å². The van der Waals surface area contributed by atoms with Gasteiger partial charge in [0.25, 0.3) is 0 Å². The smallest absolute Gasteiger partial charge is 0.227 e. The molecule has 33 heavy (non-hydrogen) atoms. The van der Waals surface area contributed by atoms with E-state index in [1.807, 2.05) is 52.3 Å². The number of carbonyl (C=O) groups is 3. The Morgan fingerprint density at radius 3 is 2.39 bits per heavy atom.